The SMILES string of the molecule is C=Cc1cccc(CC#N)c1. The van der Waals surface area contributed by atoms with Gasteiger partial charge in [-0.15, -0.1) is 0 Å². The molecule has 0 saturated carbocycles. The predicted molar refractivity (Wildman–Crippen MR) is 45.9 cm³/mol. The van der Waals surface area contributed by atoms with Gasteiger partial charge in [0.05, 0.1) is 12.5 Å². The van der Waals surface area contributed by atoms with E-state index in [1.165, 1.54) is 0 Å². The van der Waals surface area contributed by atoms with Gasteiger partial charge in [0.1, 0.15) is 0 Å². The number of hydrogen-bond acceptors (Lipinski definition) is 1. The third kappa shape index (κ3) is 1.94. The number of hydrogen-bond donors (Lipinski definition) is 0. The Morgan fingerprint density at radius 2 is 2.36 bits per heavy atom. The molecule has 0 N–H and O–H groups in total. The van der Waals surface area contributed by atoms with Gasteiger partial charge in [-0.05, 0) is 11.1 Å². The third-order valence-corrected chi connectivity index (χ3v) is 1.47. The molecular formula is C10H9N. The van der Waals surface area contributed by atoms with Crippen LogP contribution in [0.15, 0.2) is 30.8 Å². The molecule has 0 radical (unpaired) electrons. The zero-order valence-corrected chi connectivity index (χ0v) is 6.25. The molecule has 0 aliphatic carbocycles. The Labute approximate surface area is 66.6 Å². The molecule has 0 aliphatic heterocycles. The highest BCUT2D eigenvalue weighted by Gasteiger charge is 1.90. The molecule has 11 heavy (non-hydrogen) atoms. The van der Waals surface area contributed by atoms with Crippen LogP contribution in [0.3, 0.4) is 0 Å². The van der Waals surface area contributed by atoms with Crippen molar-refractivity contribution in [3.63, 3.8) is 0 Å². The summed E-state index contributed by atoms with van der Waals surface area (Å²) < 4.78 is 0. The number of benzene rings is 1. The van der Waals surface area contributed by atoms with Gasteiger partial charge < -0.3 is 0 Å². The van der Waals surface area contributed by atoms with Crippen molar-refractivity contribution in [1.29, 1.82) is 5.26 Å². The minimum atomic E-state index is 0.474. The van der Waals surface area contributed by atoms with Crippen LogP contribution >= 0.6 is 0 Å². The monoisotopic (exact) mass is 143 g/mol. The fourth-order valence-corrected chi connectivity index (χ4v) is 0.921. The van der Waals surface area contributed by atoms with E-state index in [-0.39, 0.29) is 0 Å². The third-order valence-electron chi connectivity index (χ3n) is 1.47. The average molecular weight is 143 g/mol. The molecule has 1 nitrogen and oxygen atoms in total. The molecule has 0 heterocycles. The van der Waals surface area contributed by atoms with Crippen LogP contribution in [0, 0.1) is 11.3 Å². The first kappa shape index (κ1) is 7.56. The summed E-state index contributed by atoms with van der Waals surface area (Å²) >= 11 is 0. The van der Waals surface area contributed by atoms with Gasteiger partial charge >= 0.3 is 0 Å². The molecule has 0 fully saturated rings. The second kappa shape index (κ2) is 3.58. The van der Waals surface area contributed by atoms with Crippen LogP contribution in [0.1, 0.15) is 11.1 Å². The molecule has 1 rings (SSSR count). The fourth-order valence-electron chi connectivity index (χ4n) is 0.921. The van der Waals surface area contributed by atoms with Gasteiger partial charge in [0.2, 0.25) is 0 Å². The zero-order valence-electron chi connectivity index (χ0n) is 6.25. The maximum Gasteiger partial charge on any atom is 0.0669 e. The number of nitrogens with zero attached hydrogens (tertiary/aromatic N) is 1. The lowest BCUT2D eigenvalue weighted by molar-refractivity contribution is 1.26. The van der Waals surface area contributed by atoms with Crippen molar-refractivity contribution in [2.45, 2.75) is 6.42 Å². The molecule has 1 heteroatoms. The Morgan fingerprint density at radius 1 is 1.55 bits per heavy atom. The van der Waals surface area contributed by atoms with Gasteiger partial charge in [-0.1, -0.05) is 36.9 Å². The molecule has 0 saturated heterocycles. The Hall–Kier alpha value is -1.55. The Bertz CT molecular complexity index is 294. The first-order valence-electron chi connectivity index (χ1n) is 3.45. The van der Waals surface area contributed by atoms with Crippen LogP contribution in [-0.4, -0.2) is 0 Å². The standard InChI is InChI=1S/C10H9N/c1-2-9-4-3-5-10(8-9)6-7-11/h2-5,8H,1,6H2. The molecule has 0 amide bonds. The van der Waals surface area contributed by atoms with Crippen molar-refractivity contribution >= 4 is 6.08 Å². The Kier molecular flexibility index (Phi) is 2.46. The number of nitriles is 1. The van der Waals surface area contributed by atoms with Gasteiger partial charge in [-0.3, -0.25) is 0 Å². The quantitative estimate of drug-likeness (QED) is 0.623. The smallest absolute Gasteiger partial charge is 0.0669 e. The van der Waals surface area contributed by atoms with Crippen LogP contribution in [-0.2, 0) is 6.42 Å². The van der Waals surface area contributed by atoms with Crippen molar-refractivity contribution in [3.8, 4) is 6.07 Å². The molecular weight excluding hydrogens is 134 g/mol. The van der Waals surface area contributed by atoms with Crippen molar-refractivity contribution in [1.82, 2.24) is 0 Å². The molecule has 54 valence electrons. The summed E-state index contributed by atoms with van der Waals surface area (Å²) in [6.45, 7) is 3.65. The maximum atomic E-state index is 8.41. The van der Waals surface area contributed by atoms with Gasteiger partial charge in [-0.25, -0.2) is 0 Å². The Morgan fingerprint density at radius 3 is 3.00 bits per heavy atom. The summed E-state index contributed by atoms with van der Waals surface area (Å²) in [6, 6.07) is 9.91. The van der Waals surface area contributed by atoms with Crippen LogP contribution in [0.25, 0.3) is 6.08 Å². The van der Waals surface area contributed by atoms with E-state index < -0.39 is 0 Å². The molecule has 1 aromatic carbocycles. The fraction of sp³-hybridized carbons (Fsp3) is 0.100. The van der Waals surface area contributed by atoms with Crippen molar-refractivity contribution in [2.24, 2.45) is 0 Å². The molecule has 0 atom stereocenters. The second-order valence-electron chi connectivity index (χ2n) is 2.28. The van der Waals surface area contributed by atoms with Crippen LogP contribution in [0.5, 0.6) is 0 Å². The lowest BCUT2D eigenvalue weighted by Crippen LogP contribution is -1.80. The van der Waals surface area contributed by atoms with Crippen molar-refractivity contribution in [2.75, 3.05) is 0 Å². The average Bonchev–Trinajstić information content (AvgIpc) is 2.06. The molecule has 0 spiro atoms. The lowest BCUT2D eigenvalue weighted by atomic mass is 10.1. The van der Waals surface area contributed by atoms with E-state index in [4.69, 9.17) is 5.26 Å². The van der Waals surface area contributed by atoms with E-state index in [0.29, 0.717) is 6.42 Å². The van der Waals surface area contributed by atoms with Gasteiger partial charge in [0.15, 0.2) is 0 Å². The highest BCUT2D eigenvalue weighted by Crippen LogP contribution is 2.06. The summed E-state index contributed by atoms with van der Waals surface area (Å²) in [5, 5.41) is 8.41. The number of rotatable bonds is 2. The van der Waals surface area contributed by atoms with Crippen LogP contribution < -0.4 is 0 Å². The van der Waals surface area contributed by atoms with Crippen molar-refractivity contribution in [3.05, 3.63) is 42.0 Å². The van der Waals surface area contributed by atoms with Crippen molar-refractivity contribution < 1.29 is 0 Å². The maximum absolute atomic E-state index is 8.41. The molecule has 0 aliphatic rings. The minimum absolute atomic E-state index is 0.474. The van der Waals surface area contributed by atoms with E-state index in [9.17, 15) is 0 Å². The highest BCUT2D eigenvalue weighted by molar-refractivity contribution is 5.48. The van der Waals surface area contributed by atoms with E-state index in [2.05, 4.69) is 12.6 Å². The lowest BCUT2D eigenvalue weighted by Gasteiger charge is -1.95. The minimum Gasteiger partial charge on any atom is -0.198 e. The summed E-state index contributed by atoms with van der Waals surface area (Å²) in [4.78, 5) is 0. The van der Waals surface area contributed by atoms with Gasteiger partial charge in [-0.2, -0.15) is 5.26 Å². The summed E-state index contributed by atoms with van der Waals surface area (Å²) in [5.74, 6) is 0. The van der Waals surface area contributed by atoms with Crippen LogP contribution in [0.4, 0.5) is 0 Å². The first-order valence-corrected chi connectivity index (χ1v) is 3.45. The summed E-state index contributed by atoms with van der Waals surface area (Å²) in [6.07, 6.45) is 2.25. The molecule has 1 aromatic rings. The van der Waals surface area contributed by atoms with E-state index in [0.717, 1.165) is 11.1 Å². The topological polar surface area (TPSA) is 23.8 Å². The zero-order chi connectivity index (χ0) is 8.10. The van der Waals surface area contributed by atoms with E-state index >= 15 is 0 Å². The molecule has 0 aromatic heterocycles. The largest absolute Gasteiger partial charge is 0.198 e. The van der Waals surface area contributed by atoms with E-state index in [1.54, 1.807) is 6.08 Å². The highest BCUT2D eigenvalue weighted by atomic mass is 14.2. The van der Waals surface area contributed by atoms with Gasteiger partial charge in [0, 0.05) is 0 Å². The van der Waals surface area contributed by atoms with Crippen LogP contribution in [0.2, 0.25) is 0 Å². The summed E-state index contributed by atoms with van der Waals surface area (Å²) in [5.41, 5.74) is 2.11. The first-order chi connectivity index (χ1) is 5.36. The summed E-state index contributed by atoms with van der Waals surface area (Å²) in [7, 11) is 0. The van der Waals surface area contributed by atoms with Gasteiger partial charge in [0.25, 0.3) is 0 Å². The second-order valence-corrected chi connectivity index (χ2v) is 2.28. The molecule has 0 bridgehead atoms. The predicted octanol–water partition coefficient (Wildman–Crippen LogP) is 2.40. The molecule has 0 unspecified atom stereocenters. The Balaban J connectivity index is 2.93. The normalized spacial score (nSPS) is 8.64. The van der Waals surface area contributed by atoms with E-state index in [1.807, 2.05) is 24.3 Å².